The van der Waals surface area contributed by atoms with E-state index in [-0.39, 0.29) is 18.6 Å². The Balaban J connectivity index is 1.68. The lowest BCUT2D eigenvalue weighted by Gasteiger charge is -2.35. The Bertz CT molecular complexity index is 773. The minimum Gasteiger partial charge on any atom is -0.451 e. The predicted octanol–water partition coefficient (Wildman–Crippen LogP) is 4.07. The number of esters is 1. The van der Waals surface area contributed by atoms with E-state index < -0.39 is 5.97 Å². The largest absolute Gasteiger partial charge is 0.451 e. The molecule has 138 valence electrons. The average molecular weight is 372 g/mol. The van der Waals surface area contributed by atoms with E-state index in [1.54, 1.807) is 0 Å². The third kappa shape index (κ3) is 4.12. The summed E-state index contributed by atoms with van der Waals surface area (Å²) in [6.45, 7) is 4.50. The first-order chi connectivity index (χ1) is 12.6. The van der Waals surface area contributed by atoms with Crippen LogP contribution in [0.4, 0.5) is 0 Å². The molecule has 1 aromatic heterocycles. The molecule has 1 aliphatic heterocycles. The molecule has 1 fully saturated rings. The Kier molecular flexibility index (Phi) is 6.04. The standard InChI is InChI=1S/C20H24N2O3S/c1-3-16-11-7-8-12-22(16)17(23)13-25-20(24)19-18(21-14(2)26-19)15-9-5-4-6-10-15/h4-6,9-10,16H,3,7-8,11-13H2,1-2H3/t16-/m0/s1. The van der Waals surface area contributed by atoms with Crippen LogP contribution in [0, 0.1) is 6.92 Å². The highest BCUT2D eigenvalue weighted by Gasteiger charge is 2.27. The van der Waals surface area contributed by atoms with Crippen LogP contribution in [0.5, 0.6) is 0 Å². The zero-order valence-electron chi connectivity index (χ0n) is 15.2. The summed E-state index contributed by atoms with van der Waals surface area (Å²) < 4.78 is 5.35. The highest BCUT2D eigenvalue weighted by molar-refractivity contribution is 7.14. The van der Waals surface area contributed by atoms with E-state index >= 15 is 0 Å². The number of hydrogen-bond donors (Lipinski definition) is 0. The molecule has 0 bridgehead atoms. The van der Waals surface area contributed by atoms with Gasteiger partial charge in [0.2, 0.25) is 0 Å². The fourth-order valence-electron chi connectivity index (χ4n) is 3.39. The second-order valence-corrected chi connectivity index (χ2v) is 7.70. The molecule has 1 saturated heterocycles. The number of hydrogen-bond acceptors (Lipinski definition) is 5. The quantitative estimate of drug-likeness (QED) is 0.743. The van der Waals surface area contributed by atoms with E-state index in [1.807, 2.05) is 42.2 Å². The number of benzene rings is 1. The first kappa shape index (κ1) is 18.6. The number of likely N-dealkylation sites (tertiary alicyclic amines) is 1. The molecule has 0 spiro atoms. The van der Waals surface area contributed by atoms with E-state index in [0.717, 1.165) is 42.8 Å². The molecule has 6 heteroatoms. The van der Waals surface area contributed by atoms with Crippen molar-refractivity contribution in [3.05, 3.63) is 40.2 Å². The normalized spacial score (nSPS) is 17.2. The average Bonchev–Trinajstić information content (AvgIpc) is 3.08. The van der Waals surface area contributed by atoms with E-state index in [2.05, 4.69) is 11.9 Å². The lowest BCUT2D eigenvalue weighted by molar-refractivity contribution is -0.138. The first-order valence-electron chi connectivity index (χ1n) is 9.09. The number of amides is 1. The van der Waals surface area contributed by atoms with Crippen LogP contribution in [0.2, 0.25) is 0 Å². The summed E-state index contributed by atoms with van der Waals surface area (Å²) >= 11 is 1.30. The van der Waals surface area contributed by atoms with E-state index in [9.17, 15) is 9.59 Å². The van der Waals surface area contributed by atoms with Crippen LogP contribution >= 0.6 is 11.3 Å². The molecule has 0 saturated carbocycles. The number of thiazole rings is 1. The third-order valence-corrected chi connectivity index (χ3v) is 5.66. The van der Waals surface area contributed by atoms with Gasteiger partial charge in [0.1, 0.15) is 4.88 Å². The van der Waals surface area contributed by atoms with E-state index in [0.29, 0.717) is 10.6 Å². The lowest BCUT2D eigenvalue weighted by atomic mass is 10.00. The lowest BCUT2D eigenvalue weighted by Crippen LogP contribution is -2.45. The van der Waals surface area contributed by atoms with Gasteiger partial charge in [0.05, 0.1) is 10.7 Å². The molecule has 1 aromatic carbocycles. The second kappa shape index (κ2) is 8.45. The van der Waals surface area contributed by atoms with Crippen molar-refractivity contribution in [1.82, 2.24) is 9.88 Å². The number of ether oxygens (including phenoxy) is 1. The van der Waals surface area contributed by atoms with Crippen molar-refractivity contribution >= 4 is 23.2 Å². The highest BCUT2D eigenvalue weighted by atomic mass is 32.1. The number of carbonyl (C=O) groups excluding carboxylic acids is 2. The van der Waals surface area contributed by atoms with Crippen molar-refractivity contribution < 1.29 is 14.3 Å². The molecule has 3 rings (SSSR count). The van der Waals surface area contributed by atoms with Gasteiger partial charge in [-0.3, -0.25) is 4.79 Å². The van der Waals surface area contributed by atoms with Gasteiger partial charge in [0, 0.05) is 18.2 Å². The number of rotatable bonds is 5. The molecule has 5 nitrogen and oxygen atoms in total. The Labute approximate surface area is 158 Å². The highest BCUT2D eigenvalue weighted by Crippen LogP contribution is 2.28. The van der Waals surface area contributed by atoms with E-state index in [1.165, 1.54) is 11.3 Å². The zero-order chi connectivity index (χ0) is 18.5. The van der Waals surface area contributed by atoms with Gasteiger partial charge in [-0.2, -0.15) is 0 Å². The molecule has 1 atom stereocenters. The third-order valence-electron chi connectivity index (χ3n) is 4.71. The molecular weight excluding hydrogens is 348 g/mol. The van der Waals surface area contributed by atoms with Crippen molar-refractivity contribution in [3.8, 4) is 11.3 Å². The van der Waals surface area contributed by atoms with Crippen LogP contribution in [-0.4, -0.2) is 41.0 Å². The molecule has 2 aromatic rings. The Morgan fingerprint density at radius 3 is 2.77 bits per heavy atom. The second-order valence-electron chi connectivity index (χ2n) is 6.50. The van der Waals surface area contributed by atoms with Gasteiger partial charge in [0.15, 0.2) is 6.61 Å². The number of aryl methyl sites for hydroxylation is 1. The van der Waals surface area contributed by atoms with Crippen LogP contribution in [0.1, 0.15) is 47.3 Å². The molecule has 1 amide bonds. The first-order valence-corrected chi connectivity index (χ1v) is 9.91. The number of nitrogens with zero attached hydrogens (tertiary/aromatic N) is 2. The van der Waals surface area contributed by atoms with Gasteiger partial charge in [-0.05, 0) is 32.6 Å². The summed E-state index contributed by atoms with van der Waals surface area (Å²) in [6, 6.07) is 9.82. The number of piperidine rings is 1. The number of aromatic nitrogens is 1. The monoisotopic (exact) mass is 372 g/mol. The topological polar surface area (TPSA) is 59.5 Å². The zero-order valence-corrected chi connectivity index (χ0v) is 16.1. The van der Waals surface area contributed by atoms with Crippen molar-refractivity contribution in [2.75, 3.05) is 13.2 Å². The minimum atomic E-state index is -0.479. The maximum absolute atomic E-state index is 12.6. The van der Waals surface area contributed by atoms with Gasteiger partial charge in [-0.15, -0.1) is 11.3 Å². The van der Waals surface area contributed by atoms with Crippen LogP contribution < -0.4 is 0 Å². The fourth-order valence-corrected chi connectivity index (χ4v) is 4.22. The summed E-state index contributed by atoms with van der Waals surface area (Å²) in [7, 11) is 0. The van der Waals surface area contributed by atoms with Gasteiger partial charge in [-0.1, -0.05) is 37.3 Å². The van der Waals surface area contributed by atoms with Crippen LogP contribution in [-0.2, 0) is 9.53 Å². The SMILES string of the molecule is CC[C@H]1CCCCN1C(=O)COC(=O)c1sc(C)nc1-c1ccccc1. The molecule has 0 aliphatic carbocycles. The van der Waals surface area contributed by atoms with Crippen molar-refractivity contribution in [2.24, 2.45) is 0 Å². The Hall–Kier alpha value is -2.21. The maximum atomic E-state index is 12.6. The molecule has 1 aliphatic rings. The molecule has 0 unspecified atom stereocenters. The van der Waals surface area contributed by atoms with Crippen molar-refractivity contribution in [2.45, 2.75) is 45.6 Å². The molecule has 2 heterocycles. The maximum Gasteiger partial charge on any atom is 0.351 e. The smallest absolute Gasteiger partial charge is 0.351 e. The van der Waals surface area contributed by atoms with Crippen molar-refractivity contribution in [3.63, 3.8) is 0 Å². The minimum absolute atomic E-state index is 0.104. The summed E-state index contributed by atoms with van der Waals surface area (Å²) in [6.07, 6.45) is 4.14. The van der Waals surface area contributed by atoms with Gasteiger partial charge in [0.25, 0.3) is 5.91 Å². The summed E-state index contributed by atoms with van der Waals surface area (Å²) in [5, 5.41) is 0.796. The fraction of sp³-hybridized carbons (Fsp3) is 0.450. The van der Waals surface area contributed by atoms with Crippen LogP contribution in [0.15, 0.2) is 30.3 Å². The molecular formula is C20H24N2O3S. The van der Waals surface area contributed by atoms with E-state index in [4.69, 9.17) is 4.74 Å². The van der Waals surface area contributed by atoms with Gasteiger partial charge in [-0.25, -0.2) is 9.78 Å². The van der Waals surface area contributed by atoms with Crippen LogP contribution in [0.3, 0.4) is 0 Å². The summed E-state index contributed by atoms with van der Waals surface area (Å²) in [5.74, 6) is -0.583. The van der Waals surface area contributed by atoms with Crippen LogP contribution in [0.25, 0.3) is 11.3 Å². The van der Waals surface area contributed by atoms with Gasteiger partial charge >= 0.3 is 5.97 Å². The Morgan fingerprint density at radius 1 is 1.27 bits per heavy atom. The predicted molar refractivity (Wildman–Crippen MR) is 102 cm³/mol. The number of carbonyl (C=O) groups is 2. The summed E-state index contributed by atoms with van der Waals surface area (Å²) in [5.41, 5.74) is 1.49. The summed E-state index contributed by atoms with van der Waals surface area (Å²) in [4.78, 5) is 31.9. The molecule has 0 N–H and O–H groups in total. The van der Waals surface area contributed by atoms with Gasteiger partial charge < -0.3 is 9.64 Å². The van der Waals surface area contributed by atoms with Crippen molar-refractivity contribution in [1.29, 1.82) is 0 Å². The Morgan fingerprint density at radius 2 is 2.04 bits per heavy atom. The molecule has 26 heavy (non-hydrogen) atoms. The molecule has 0 radical (unpaired) electrons.